The third kappa shape index (κ3) is 4.17. The van der Waals surface area contributed by atoms with E-state index in [1.165, 1.54) is 43.2 Å². The molecular formula is C52H30N4O. The van der Waals surface area contributed by atoms with Crippen molar-refractivity contribution in [2.24, 2.45) is 0 Å². The van der Waals surface area contributed by atoms with Gasteiger partial charge in [0.15, 0.2) is 5.82 Å². The SMILES string of the molecule is c1ccc(-n2c3ccccc3c3cc4c5c6ccccc6c6ccccc6c5n(-c5nc6ccccc6nc5-c5cccc6c5oc5ccccc56)c4cc32)cc1. The molecule has 0 bridgehead atoms. The van der Waals surface area contributed by atoms with E-state index in [2.05, 4.69) is 161 Å². The number of benzene rings is 9. The van der Waals surface area contributed by atoms with Gasteiger partial charge >= 0.3 is 0 Å². The first-order valence-electron chi connectivity index (χ1n) is 19.3. The lowest BCUT2D eigenvalue weighted by Gasteiger charge is -2.16. The van der Waals surface area contributed by atoms with E-state index in [0.717, 1.165) is 77.7 Å². The van der Waals surface area contributed by atoms with Gasteiger partial charge in [-0.25, -0.2) is 9.97 Å². The van der Waals surface area contributed by atoms with Gasteiger partial charge in [-0.1, -0.05) is 127 Å². The van der Waals surface area contributed by atoms with Crippen molar-refractivity contribution in [2.75, 3.05) is 0 Å². The zero-order chi connectivity index (χ0) is 37.2. The Morgan fingerprint density at radius 2 is 1.00 bits per heavy atom. The summed E-state index contributed by atoms with van der Waals surface area (Å²) in [6.07, 6.45) is 0. The molecule has 0 saturated carbocycles. The molecule has 13 rings (SSSR count). The monoisotopic (exact) mass is 726 g/mol. The molecule has 13 aromatic rings. The third-order valence-corrected chi connectivity index (χ3v) is 11.9. The highest BCUT2D eigenvalue weighted by atomic mass is 16.3. The molecule has 4 aromatic heterocycles. The van der Waals surface area contributed by atoms with Gasteiger partial charge in [-0.2, -0.15) is 0 Å². The number of aromatic nitrogens is 4. The molecular weight excluding hydrogens is 697 g/mol. The number of hydrogen-bond acceptors (Lipinski definition) is 3. The predicted molar refractivity (Wildman–Crippen MR) is 236 cm³/mol. The summed E-state index contributed by atoms with van der Waals surface area (Å²) < 4.78 is 11.5. The molecule has 4 heterocycles. The average Bonchev–Trinajstić information content (AvgIpc) is 3.93. The summed E-state index contributed by atoms with van der Waals surface area (Å²) in [5, 5.41) is 11.7. The molecule has 0 aliphatic heterocycles. The van der Waals surface area contributed by atoms with E-state index in [4.69, 9.17) is 14.4 Å². The van der Waals surface area contributed by atoms with E-state index in [-0.39, 0.29) is 0 Å². The average molecular weight is 727 g/mol. The van der Waals surface area contributed by atoms with Crippen LogP contribution in [0.15, 0.2) is 186 Å². The van der Waals surface area contributed by atoms with E-state index in [1.54, 1.807) is 0 Å². The molecule has 57 heavy (non-hydrogen) atoms. The zero-order valence-corrected chi connectivity index (χ0v) is 30.5. The van der Waals surface area contributed by atoms with Gasteiger partial charge in [-0.05, 0) is 70.8 Å². The number of nitrogens with zero attached hydrogens (tertiary/aromatic N) is 4. The summed E-state index contributed by atoms with van der Waals surface area (Å²) in [6, 6.07) is 64.6. The molecule has 9 aromatic carbocycles. The largest absolute Gasteiger partial charge is 0.455 e. The van der Waals surface area contributed by atoms with Gasteiger partial charge in [0.1, 0.15) is 16.9 Å². The van der Waals surface area contributed by atoms with Crippen molar-refractivity contribution < 1.29 is 4.42 Å². The van der Waals surface area contributed by atoms with E-state index < -0.39 is 0 Å². The summed E-state index contributed by atoms with van der Waals surface area (Å²) in [5.74, 6) is 0.754. The molecule has 0 atom stereocenters. The Labute approximate surface area is 325 Å². The van der Waals surface area contributed by atoms with Gasteiger partial charge < -0.3 is 8.98 Å². The first kappa shape index (κ1) is 30.6. The van der Waals surface area contributed by atoms with Crippen LogP contribution in [0.5, 0.6) is 0 Å². The minimum Gasteiger partial charge on any atom is -0.455 e. The fourth-order valence-corrected chi connectivity index (χ4v) is 9.47. The molecule has 264 valence electrons. The minimum atomic E-state index is 0.754. The highest BCUT2D eigenvalue weighted by molar-refractivity contribution is 6.33. The molecule has 5 heteroatoms. The van der Waals surface area contributed by atoms with Gasteiger partial charge in [0, 0.05) is 49.0 Å². The van der Waals surface area contributed by atoms with Crippen molar-refractivity contribution in [1.29, 1.82) is 0 Å². The van der Waals surface area contributed by atoms with E-state index in [9.17, 15) is 0 Å². The van der Waals surface area contributed by atoms with Crippen molar-refractivity contribution in [3.8, 4) is 22.8 Å². The van der Waals surface area contributed by atoms with Crippen molar-refractivity contribution in [3.63, 3.8) is 0 Å². The van der Waals surface area contributed by atoms with Crippen LogP contribution in [0, 0.1) is 0 Å². The van der Waals surface area contributed by atoms with Gasteiger partial charge in [-0.3, -0.25) is 4.57 Å². The highest BCUT2D eigenvalue weighted by Gasteiger charge is 2.26. The Morgan fingerprint density at radius 1 is 0.386 bits per heavy atom. The first-order chi connectivity index (χ1) is 28.3. The molecule has 0 amide bonds. The van der Waals surface area contributed by atoms with Crippen LogP contribution >= 0.6 is 0 Å². The van der Waals surface area contributed by atoms with Crippen LogP contribution < -0.4 is 0 Å². The van der Waals surface area contributed by atoms with Crippen molar-refractivity contribution in [3.05, 3.63) is 182 Å². The topological polar surface area (TPSA) is 48.8 Å². The van der Waals surface area contributed by atoms with Gasteiger partial charge in [0.25, 0.3) is 0 Å². The smallest absolute Gasteiger partial charge is 0.165 e. The predicted octanol–water partition coefficient (Wildman–Crippen LogP) is 13.7. The van der Waals surface area contributed by atoms with Gasteiger partial charge in [0.2, 0.25) is 0 Å². The Hall–Kier alpha value is -7.76. The second kappa shape index (κ2) is 11.4. The first-order valence-corrected chi connectivity index (χ1v) is 19.3. The van der Waals surface area contributed by atoms with Crippen LogP contribution in [0.4, 0.5) is 0 Å². The lowest BCUT2D eigenvalue weighted by Crippen LogP contribution is -2.04. The van der Waals surface area contributed by atoms with Crippen LogP contribution in [0.1, 0.15) is 0 Å². The van der Waals surface area contributed by atoms with Crippen LogP contribution in [0.2, 0.25) is 0 Å². The number of rotatable bonds is 3. The highest BCUT2D eigenvalue weighted by Crippen LogP contribution is 2.47. The molecule has 0 unspecified atom stereocenters. The van der Waals surface area contributed by atoms with E-state index >= 15 is 0 Å². The molecule has 0 aliphatic rings. The van der Waals surface area contributed by atoms with Crippen LogP contribution in [-0.2, 0) is 0 Å². The van der Waals surface area contributed by atoms with Gasteiger partial charge in [-0.15, -0.1) is 0 Å². The van der Waals surface area contributed by atoms with Crippen molar-refractivity contribution >= 4 is 98.1 Å². The Bertz CT molecular complexity index is 3810. The number of para-hydroxylation sites is 6. The van der Waals surface area contributed by atoms with Crippen LogP contribution in [0.25, 0.3) is 121 Å². The van der Waals surface area contributed by atoms with Gasteiger partial charge in [0.05, 0.1) is 33.1 Å². The molecule has 0 spiro atoms. The summed E-state index contributed by atoms with van der Waals surface area (Å²) in [5.41, 5.74) is 10.5. The second-order valence-electron chi connectivity index (χ2n) is 14.9. The summed E-state index contributed by atoms with van der Waals surface area (Å²) in [4.78, 5) is 11.1. The molecule has 0 fully saturated rings. The van der Waals surface area contributed by atoms with Crippen LogP contribution in [-0.4, -0.2) is 19.1 Å². The summed E-state index contributed by atoms with van der Waals surface area (Å²) in [6.45, 7) is 0. The fraction of sp³-hybridized carbons (Fsp3) is 0. The standard InChI is InChI=1S/C52H30N4O/c1-2-15-31(16-3-1)55-44-27-12-8-19-34(44)40-29-41-46(30-45(40)55)56(50-37-22-7-5-18-33(37)32-17-4-6-21-36(32)48(41)50)52-49(53-42-25-10-11-26-43(42)54-52)39-24-14-23-38-35-20-9-13-28-47(35)57-51(38)39/h1-30H. The maximum Gasteiger partial charge on any atom is 0.165 e. The molecule has 0 aliphatic carbocycles. The summed E-state index contributed by atoms with van der Waals surface area (Å²) >= 11 is 0. The maximum atomic E-state index is 6.70. The molecule has 0 saturated heterocycles. The third-order valence-electron chi connectivity index (χ3n) is 11.9. The molecule has 0 radical (unpaired) electrons. The molecule has 5 nitrogen and oxygen atoms in total. The Kier molecular flexibility index (Phi) is 6.10. The molecule has 0 N–H and O–H groups in total. The van der Waals surface area contributed by atoms with Crippen LogP contribution in [0.3, 0.4) is 0 Å². The van der Waals surface area contributed by atoms with Crippen molar-refractivity contribution in [1.82, 2.24) is 19.1 Å². The van der Waals surface area contributed by atoms with E-state index in [0.29, 0.717) is 0 Å². The Balaban J connectivity index is 1.28. The summed E-state index contributed by atoms with van der Waals surface area (Å²) in [7, 11) is 0. The number of furan rings is 1. The number of fused-ring (bicyclic) bond motifs is 15. The number of hydrogen-bond donors (Lipinski definition) is 0. The maximum absolute atomic E-state index is 6.70. The lowest BCUT2D eigenvalue weighted by molar-refractivity contribution is 0.669. The van der Waals surface area contributed by atoms with Crippen molar-refractivity contribution in [2.45, 2.75) is 0 Å². The fourth-order valence-electron chi connectivity index (χ4n) is 9.47. The lowest BCUT2D eigenvalue weighted by atomic mass is 9.96. The Morgan fingerprint density at radius 3 is 1.82 bits per heavy atom. The normalized spacial score (nSPS) is 12.2. The second-order valence-corrected chi connectivity index (χ2v) is 14.9. The zero-order valence-electron chi connectivity index (χ0n) is 30.5. The quantitative estimate of drug-likeness (QED) is 0.170. The minimum absolute atomic E-state index is 0.754. The van der Waals surface area contributed by atoms with E-state index in [1.807, 2.05) is 30.3 Å².